The Morgan fingerprint density at radius 1 is 1.04 bits per heavy atom. The molecule has 0 amide bonds. The van der Waals surface area contributed by atoms with Crippen molar-refractivity contribution in [3.8, 4) is 11.1 Å². The Morgan fingerprint density at radius 3 is 2.58 bits per heavy atom. The van der Waals surface area contributed by atoms with Crippen LogP contribution in [0.2, 0.25) is 0 Å². The van der Waals surface area contributed by atoms with Crippen molar-refractivity contribution in [1.82, 2.24) is 0 Å². The smallest absolute Gasteiger partial charge is 0.0470 e. The van der Waals surface area contributed by atoms with Crippen molar-refractivity contribution in [2.75, 3.05) is 5.32 Å². The molecule has 0 spiro atoms. The molecule has 1 unspecified atom stereocenters. The predicted molar refractivity (Wildman–Crippen MR) is 113 cm³/mol. The molecular weight excluding hydrogens is 314 g/mol. The third kappa shape index (κ3) is 2.63. The van der Waals surface area contributed by atoms with Crippen LogP contribution in [-0.2, 0) is 12.8 Å². The molecule has 2 aromatic rings. The number of rotatable bonds is 2. The van der Waals surface area contributed by atoms with Gasteiger partial charge in [-0.25, -0.2) is 0 Å². The minimum Gasteiger partial charge on any atom is -0.355 e. The van der Waals surface area contributed by atoms with Gasteiger partial charge in [-0.3, -0.25) is 0 Å². The standard InChI is InChI=1S/C25H27N/c1-6-7-22-17(4)18(5)26-23-11-8-16(3)24(25(22)23)20-10-9-19-12-15(2)13-21(19)14-20/h6-11,14-15,26H,5,12-13H2,1-4H3/b7-6-. The highest BCUT2D eigenvalue weighted by Gasteiger charge is 2.24. The Morgan fingerprint density at radius 2 is 1.81 bits per heavy atom. The summed E-state index contributed by atoms with van der Waals surface area (Å²) >= 11 is 0. The number of allylic oxidation sites excluding steroid dienone is 4. The molecule has 1 N–H and O–H groups in total. The van der Waals surface area contributed by atoms with Crippen molar-refractivity contribution in [3.63, 3.8) is 0 Å². The minimum absolute atomic E-state index is 0.761. The van der Waals surface area contributed by atoms with Crippen LogP contribution in [0.3, 0.4) is 0 Å². The molecule has 0 radical (unpaired) electrons. The molecule has 1 heteroatoms. The van der Waals surface area contributed by atoms with E-state index in [0.717, 1.165) is 17.3 Å². The van der Waals surface area contributed by atoms with E-state index in [2.05, 4.69) is 82.1 Å². The lowest BCUT2D eigenvalue weighted by molar-refractivity contribution is 0.628. The lowest BCUT2D eigenvalue weighted by atomic mass is 9.84. The molecule has 0 bridgehead atoms. The number of hydrogen-bond donors (Lipinski definition) is 1. The van der Waals surface area contributed by atoms with Crippen molar-refractivity contribution >= 4 is 11.3 Å². The molecule has 2 aromatic carbocycles. The Balaban J connectivity index is 1.97. The van der Waals surface area contributed by atoms with Crippen molar-refractivity contribution < 1.29 is 0 Å². The van der Waals surface area contributed by atoms with Crippen molar-refractivity contribution in [1.29, 1.82) is 0 Å². The quantitative estimate of drug-likeness (QED) is 0.642. The first-order chi connectivity index (χ1) is 12.5. The topological polar surface area (TPSA) is 12.0 Å². The summed E-state index contributed by atoms with van der Waals surface area (Å²) in [5.41, 5.74) is 13.0. The number of nitrogens with one attached hydrogen (secondary N) is 1. The first kappa shape index (κ1) is 16.9. The minimum atomic E-state index is 0.761. The second-order valence-electron chi connectivity index (χ2n) is 7.82. The van der Waals surface area contributed by atoms with Crippen LogP contribution in [0, 0.1) is 12.8 Å². The van der Waals surface area contributed by atoms with Crippen LogP contribution in [0.4, 0.5) is 5.69 Å². The van der Waals surface area contributed by atoms with Gasteiger partial charge >= 0.3 is 0 Å². The normalized spacial score (nSPS) is 18.9. The third-order valence-electron chi connectivity index (χ3n) is 5.79. The molecule has 1 nitrogen and oxygen atoms in total. The first-order valence-corrected chi connectivity index (χ1v) is 9.55. The average molecular weight is 341 g/mol. The number of fused-ring (bicyclic) bond motifs is 2. The van der Waals surface area contributed by atoms with E-state index >= 15 is 0 Å². The van der Waals surface area contributed by atoms with E-state index in [1.807, 2.05) is 0 Å². The molecule has 0 saturated carbocycles. The number of aryl methyl sites for hydroxylation is 1. The van der Waals surface area contributed by atoms with Crippen LogP contribution < -0.4 is 5.32 Å². The van der Waals surface area contributed by atoms with E-state index < -0.39 is 0 Å². The summed E-state index contributed by atoms with van der Waals surface area (Å²) in [6.45, 7) is 13.0. The summed E-state index contributed by atoms with van der Waals surface area (Å²) in [6, 6.07) is 11.5. The molecule has 2 aliphatic rings. The van der Waals surface area contributed by atoms with Gasteiger partial charge in [0.2, 0.25) is 0 Å². The molecule has 1 aliphatic heterocycles. The largest absolute Gasteiger partial charge is 0.355 e. The number of hydrogen-bond acceptors (Lipinski definition) is 1. The fraction of sp³-hybridized carbons (Fsp3) is 0.280. The summed E-state index contributed by atoms with van der Waals surface area (Å²) in [6.07, 6.45) is 6.75. The Labute approximate surface area is 157 Å². The maximum Gasteiger partial charge on any atom is 0.0470 e. The van der Waals surface area contributed by atoms with Gasteiger partial charge in [0.25, 0.3) is 0 Å². The maximum atomic E-state index is 4.20. The van der Waals surface area contributed by atoms with Crippen LogP contribution in [-0.4, -0.2) is 0 Å². The van der Waals surface area contributed by atoms with Gasteiger partial charge in [0.1, 0.15) is 0 Å². The highest BCUT2D eigenvalue weighted by atomic mass is 14.9. The molecule has 0 saturated heterocycles. The Hall–Kier alpha value is -2.54. The van der Waals surface area contributed by atoms with Crippen LogP contribution in [0.5, 0.6) is 0 Å². The van der Waals surface area contributed by atoms with Crippen LogP contribution in [0.1, 0.15) is 43.0 Å². The first-order valence-electron chi connectivity index (χ1n) is 9.55. The highest BCUT2D eigenvalue weighted by molar-refractivity contribution is 5.98. The van der Waals surface area contributed by atoms with Crippen LogP contribution in [0.15, 0.2) is 60.3 Å². The maximum absolute atomic E-state index is 4.20. The van der Waals surface area contributed by atoms with Gasteiger partial charge in [0.15, 0.2) is 0 Å². The Bertz CT molecular complexity index is 972. The lowest BCUT2D eigenvalue weighted by Gasteiger charge is -2.27. The zero-order chi connectivity index (χ0) is 18.4. The van der Waals surface area contributed by atoms with Crippen LogP contribution >= 0.6 is 0 Å². The third-order valence-corrected chi connectivity index (χ3v) is 5.79. The van der Waals surface area contributed by atoms with Crippen molar-refractivity contribution in [2.24, 2.45) is 5.92 Å². The molecular formula is C25H27N. The monoisotopic (exact) mass is 341 g/mol. The summed E-state index contributed by atoms with van der Waals surface area (Å²) in [7, 11) is 0. The van der Waals surface area contributed by atoms with Crippen molar-refractivity contribution in [3.05, 3.63) is 82.6 Å². The van der Waals surface area contributed by atoms with Crippen LogP contribution in [0.25, 0.3) is 16.7 Å². The van der Waals surface area contributed by atoms with Crippen molar-refractivity contribution in [2.45, 2.75) is 40.5 Å². The van der Waals surface area contributed by atoms with E-state index in [0.29, 0.717) is 0 Å². The predicted octanol–water partition coefficient (Wildman–Crippen LogP) is 6.69. The van der Waals surface area contributed by atoms with Gasteiger partial charge in [-0.15, -0.1) is 0 Å². The van der Waals surface area contributed by atoms with E-state index in [1.165, 1.54) is 57.4 Å². The Kier molecular flexibility index (Phi) is 4.11. The van der Waals surface area contributed by atoms with Gasteiger partial charge in [-0.1, -0.05) is 49.9 Å². The molecule has 0 aromatic heterocycles. The van der Waals surface area contributed by atoms with Gasteiger partial charge in [-0.05, 0) is 84.6 Å². The molecule has 4 rings (SSSR count). The fourth-order valence-corrected chi connectivity index (χ4v) is 4.44. The van der Waals surface area contributed by atoms with E-state index in [-0.39, 0.29) is 0 Å². The van der Waals surface area contributed by atoms with Gasteiger partial charge in [0.05, 0.1) is 0 Å². The molecule has 1 aliphatic carbocycles. The average Bonchev–Trinajstić information content (AvgIpc) is 2.98. The lowest BCUT2D eigenvalue weighted by Crippen LogP contribution is -2.11. The van der Waals surface area contributed by atoms with E-state index in [4.69, 9.17) is 0 Å². The fourth-order valence-electron chi connectivity index (χ4n) is 4.44. The summed E-state index contributed by atoms with van der Waals surface area (Å²) < 4.78 is 0. The molecule has 132 valence electrons. The van der Waals surface area contributed by atoms with E-state index in [9.17, 15) is 0 Å². The highest BCUT2D eigenvalue weighted by Crippen LogP contribution is 2.44. The zero-order valence-corrected chi connectivity index (χ0v) is 16.2. The summed E-state index contributed by atoms with van der Waals surface area (Å²) in [5, 5.41) is 3.51. The second-order valence-corrected chi connectivity index (χ2v) is 7.82. The molecule has 1 heterocycles. The van der Waals surface area contributed by atoms with Gasteiger partial charge < -0.3 is 5.32 Å². The molecule has 0 fully saturated rings. The SMILES string of the molecule is C=C1Nc2ccc(C)c(-c3ccc4c(c3)CC(C)C4)c2C(/C=C\C)=C1C. The molecule has 1 atom stereocenters. The van der Waals surface area contributed by atoms with Gasteiger partial charge in [-0.2, -0.15) is 0 Å². The zero-order valence-electron chi connectivity index (χ0n) is 16.2. The van der Waals surface area contributed by atoms with E-state index in [1.54, 1.807) is 0 Å². The summed E-state index contributed by atoms with van der Waals surface area (Å²) in [4.78, 5) is 0. The summed E-state index contributed by atoms with van der Waals surface area (Å²) in [5.74, 6) is 0.761. The molecule has 26 heavy (non-hydrogen) atoms. The number of anilines is 1. The van der Waals surface area contributed by atoms with Gasteiger partial charge in [0, 0.05) is 16.9 Å². The second kappa shape index (κ2) is 6.32. The number of benzene rings is 2.